The highest BCUT2D eigenvalue weighted by molar-refractivity contribution is 6.31. The van der Waals surface area contributed by atoms with Crippen molar-refractivity contribution in [3.05, 3.63) is 70.6 Å². The molecule has 0 radical (unpaired) electrons. The van der Waals surface area contributed by atoms with Gasteiger partial charge in [0, 0.05) is 6.42 Å². The van der Waals surface area contributed by atoms with Crippen LogP contribution in [0.25, 0.3) is 0 Å². The molecule has 0 aliphatic heterocycles. The molecule has 3 aromatic rings. The van der Waals surface area contributed by atoms with Gasteiger partial charge in [-0.25, -0.2) is 9.97 Å². The molecule has 0 aliphatic carbocycles. The first-order valence-electron chi connectivity index (χ1n) is 7.75. The first kappa shape index (κ1) is 17.0. The van der Waals surface area contributed by atoms with Crippen molar-refractivity contribution < 1.29 is 9.47 Å². The molecule has 5 nitrogen and oxygen atoms in total. The zero-order chi connectivity index (χ0) is 17.8. The van der Waals surface area contributed by atoms with Crippen LogP contribution in [0.4, 0.5) is 5.82 Å². The van der Waals surface area contributed by atoms with Crippen LogP contribution in [0.15, 0.2) is 48.5 Å². The molecule has 2 N–H and O–H groups in total. The number of nitrogens with two attached hydrogens (primary N) is 1. The molecule has 0 bridgehead atoms. The Morgan fingerprint density at radius 3 is 2.32 bits per heavy atom. The van der Waals surface area contributed by atoms with Crippen LogP contribution >= 0.6 is 11.6 Å². The van der Waals surface area contributed by atoms with Gasteiger partial charge < -0.3 is 15.2 Å². The maximum absolute atomic E-state index is 6.27. The molecule has 0 spiro atoms. The SMILES string of the molecule is COc1ccccc1Oc1c(N)nc(Cc2ccc(C)cc2)nc1Cl. The Morgan fingerprint density at radius 1 is 1.00 bits per heavy atom. The van der Waals surface area contributed by atoms with Gasteiger partial charge >= 0.3 is 0 Å². The van der Waals surface area contributed by atoms with E-state index in [1.54, 1.807) is 19.2 Å². The molecular weight excluding hydrogens is 338 g/mol. The lowest BCUT2D eigenvalue weighted by molar-refractivity contribution is 0.378. The summed E-state index contributed by atoms with van der Waals surface area (Å²) in [6, 6.07) is 15.4. The summed E-state index contributed by atoms with van der Waals surface area (Å²) in [6.45, 7) is 2.04. The maximum Gasteiger partial charge on any atom is 0.206 e. The van der Waals surface area contributed by atoms with Crippen molar-refractivity contribution in [1.82, 2.24) is 9.97 Å². The lowest BCUT2D eigenvalue weighted by atomic mass is 10.1. The number of benzene rings is 2. The standard InChI is InChI=1S/C19H18ClN3O2/c1-12-7-9-13(10-8-12)11-16-22-18(20)17(19(21)23-16)25-15-6-4-3-5-14(15)24-2/h3-10H,11H2,1-2H3,(H2,21,22,23). The molecule has 128 valence electrons. The van der Waals surface area contributed by atoms with Crippen LogP contribution in [0.1, 0.15) is 17.0 Å². The Hall–Kier alpha value is -2.79. The molecule has 0 atom stereocenters. The fourth-order valence-corrected chi connectivity index (χ4v) is 2.59. The Morgan fingerprint density at radius 2 is 1.68 bits per heavy atom. The molecule has 0 saturated carbocycles. The number of nitrogens with zero attached hydrogens (tertiary/aromatic N) is 2. The Balaban J connectivity index is 1.86. The van der Waals surface area contributed by atoms with Gasteiger partial charge in [-0.1, -0.05) is 53.6 Å². The van der Waals surface area contributed by atoms with E-state index in [0.29, 0.717) is 23.7 Å². The summed E-state index contributed by atoms with van der Waals surface area (Å²) in [5.74, 6) is 2.01. The van der Waals surface area contributed by atoms with Crippen LogP contribution in [0.5, 0.6) is 17.2 Å². The molecule has 0 unspecified atom stereocenters. The van der Waals surface area contributed by atoms with E-state index in [0.717, 1.165) is 5.56 Å². The van der Waals surface area contributed by atoms with Crippen molar-refractivity contribution in [2.45, 2.75) is 13.3 Å². The molecule has 6 heteroatoms. The smallest absolute Gasteiger partial charge is 0.206 e. The van der Waals surface area contributed by atoms with E-state index in [-0.39, 0.29) is 16.7 Å². The monoisotopic (exact) mass is 355 g/mol. The average Bonchev–Trinajstić information content (AvgIpc) is 2.60. The van der Waals surface area contributed by atoms with Crippen molar-refractivity contribution in [2.24, 2.45) is 0 Å². The number of nitrogen functional groups attached to an aromatic ring is 1. The summed E-state index contributed by atoms with van der Waals surface area (Å²) in [7, 11) is 1.56. The van der Waals surface area contributed by atoms with Gasteiger partial charge in [0.15, 0.2) is 22.5 Å². The minimum atomic E-state index is 0.167. The van der Waals surface area contributed by atoms with Crippen LogP contribution in [-0.4, -0.2) is 17.1 Å². The summed E-state index contributed by atoms with van der Waals surface area (Å²) in [5.41, 5.74) is 8.32. The summed E-state index contributed by atoms with van der Waals surface area (Å²) < 4.78 is 11.0. The first-order chi connectivity index (χ1) is 12.1. The third-order valence-electron chi connectivity index (χ3n) is 3.66. The zero-order valence-electron chi connectivity index (χ0n) is 14.0. The van der Waals surface area contributed by atoms with Crippen molar-refractivity contribution in [3.8, 4) is 17.2 Å². The molecule has 2 aromatic carbocycles. The number of anilines is 1. The number of aromatic nitrogens is 2. The van der Waals surface area contributed by atoms with Gasteiger partial charge in [-0.3, -0.25) is 0 Å². The van der Waals surface area contributed by atoms with Gasteiger partial charge in [0.25, 0.3) is 0 Å². The zero-order valence-corrected chi connectivity index (χ0v) is 14.7. The van der Waals surface area contributed by atoms with Crippen molar-refractivity contribution in [3.63, 3.8) is 0 Å². The minimum Gasteiger partial charge on any atom is -0.493 e. The molecule has 1 aromatic heterocycles. The molecule has 0 aliphatic rings. The van der Waals surface area contributed by atoms with E-state index in [4.69, 9.17) is 26.8 Å². The predicted molar refractivity (Wildman–Crippen MR) is 98.5 cm³/mol. The maximum atomic E-state index is 6.27. The highest BCUT2D eigenvalue weighted by Gasteiger charge is 2.15. The quantitative estimate of drug-likeness (QED) is 0.686. The van der Waals surface area contributed by atoms with E-state index < -0.39 is 0 Å². The number of hydrogen-bond donors (Lipinski definition) is 1. The van der Waals surface area contributed by atoms with Gasteiger partial charge in [-0.15, -0.1) is 0 Å². The van der Waals surface area contributed by atoms with Crippen LogP contribution < -0.4 is 15.2 Å². The highest BCUT2D eigenvalue weighted by atomic mass is 35.5. The Labute approximate surface area is 151 Å². The Kier molecular flexibility index (Phi) is 5.05. The van der Waals surface area contributed by atoms with Crippen LogP contribution in [-0.2, 0) is 6.42 Å². The molecule has 3 rings (SSSR count). The molecule has 25 heavy (non-hydrogen) atoms. The number of para-hydroxylation sites is 2. The van der Waals surface area contributed by atoms with Crippen LogP contribution in [0, 0.1) is 6.92 Å². The topological polar surface area (TPSA) is 70.3 Å². The third-order valence-corrected chi connectivity index (χ3v) is 3.92. The van der Waals surface area contributed by atoms with E-state index in [1.807, 2.05) is 43.3 Å². The van der Waals surface area contributed by atoms with Crippen molar-refractivity contribution in [2.75, 3.05) is 12.8 Å². The second-order valence-electron chi connectivity index (χ2n) is 5.56. The molecule has 0 saturated heterocycles. The van der Waals surface area contributed by atoms with Gasteiger partial charge in [0.2, 0.25) is 5.75 Å². The second kappa shape index (κ2) is 7.40. The summed E-state index contributed by atoms with van der Waals surface area (Å²) in [6.07, 6.45) is 0.541. The van der Waals surface area contributed by atoms with E-state index in [2.05, 4.69) is 9.97 Å². The third kappa shape index (κ3) is 4.00. The minimum absolute atomic E-state index is 0.167. The predicted octanol–water partition coefficient (Wildman–Crippen LogP) is 4.41. The lowest BCUT2D eigenvalue weighted by Gasteiger charge is -2.13. The largest absolute Gasteiger partial charge is 0.493 e. The van der Waals surface area contributed by atoms with Crippen LogP contribution in [0.2, 0.25) is 5.15 Å². The molecular formula is C19H18ClN3O2. The number of aryl methyl sites for hydroxylation is 1. The van der Waals surface area contributed by atoms with Gasteiger partial charge in [0.1, 0.15) is 5.82 Å². The normalized spacial score (nSPS) is 10.5. The average molecular weight is 356 g/mol. The second-order valence-corrected chi connectivity index (χ2v) is 5.92. The van der Waals surface area contributed by atoms with Crippen LogP contribution in [0.3, 0.4) is 0 Å². The van der Waals surface area contributed by atoms with Gasteiger partial charge in [0.05, 0.1) is 7.11 Å². The van der Waals surface area contributed by atoms with Gasteiger partial charge in [-0.2, -0.15) is 0 Å². The number of hydrogen-bond acceptors (Lipinski definition) is 5. The Bertz CT molecular complexity index is 859. The molecule has 0 amide bonds. The van der Waals surface area contributed by atoms with E-state index in [1.165, 1.54) is 5.56 Å². The number of rotatable bonds is 5. The highest BCUT2D eigenvalue weighted by Crippen LogP contribution is 2.36. The lowest BCUT2D eigenvalue weighted by Crippen LogP contribution is -2.04. The van der Waals surface area contributed by atoms with Crippen molar-refractivity contribution >= 4 is 17.4 Å². The van der Waals surface area contributed by atoms with E-state index in [9.17, 15) is 0 Å². The number of ether oxygens (including phenoxy) is 2. The number of halogens is 1. The number of methoxy groups -OCH3 is 1. The van der Waals surface area contributed by atoms with Gasteiger partial charge in [-0.05, 0) is 24.6 Å². The summed E-state index contributed by atoms with van der Waals surface area (Å²) in [4.78, 5) is 8.63. The first-order valence-corrected chi connectivity index (χ1v) is 8.13. The van der Waals surface area contributed by atoms with E-state index >= 15 is 0 Å². The fourth-order valence-electron chi connectivity index (χ4n) is 2.36. The summed E-state index contributed by atoms with van der Waals surface area (Å²) in [5, 5.41) is 0.167. The fraction of sp³-hybridized carbons (Fsp3) is 0.158. The summed E-state index contributed by atoms with van der Waals surface area (Å²) >= 11 is 6.27. The van der Waals surface area contributed by atoms with Crippen molar-refractivity contribution in [1.29, 1.82) is 0 Å². The molecule has 0 fully saturated rings. The molecule has 1 heterocycles.